The van der Waals surface area contributed by atoms with Gasteiger partial charge in [-0.2, -0.15) is 0 Å². The van der Waals surface area contributed by atoms with Gasteiger partial charge in [-0.05, 0) is 12.1 Å². The van der Waals surface area contributed by atoms with E-state index in [1.54, 1.807) is 6.07 Å². The molecule has 0 amide bonds. The fraction of sp³-hybridized carbons (Fsp3) is 0.0714. The maximum absolute atomic E-state index is 5.80. The summed E-state index contributed by atoms with van der Waals surface area (Å²) < 4.78 is 0. The summed E-state index contributed by atoms with van der Waals surface area (Å²) >= 11 is 5.80. The van der Waals surface area contributed by atoms with Gasteiger partial charge in [0.1, 0.15) is 17.3 Å². The number of nitrogens with zero attached hydrogens (tertiary/aromatic N) is 3. The van der Waals surface area contributed by atoms with Crippen molar-refractivity contribution in [3.8, 4) is 0 Å². The second-order valence-corrected chi connectivity index (χ2v) is 4.46. The van der Waals surface area contributed by atoms with Gasteiger partial charge in [0.05, 0.1) is 17.8 Å². The Morgan fingerprint density at radius 1 is 1.05 bits per heavy atom. The van der Waals surface area contributed by atoms with Crippen LogP contribution in [0.1, 0.15) is 5.69 Å². The molecule has 19 heavy (non-hydrogen) atoms. The third kappa shape index (κ3) is 2.80. The van der Waals surface area contributed by atoms with Gasteiger partial charge in [-0.25, -0.2) is 9.97 Å². The zero-order valence-corrected chi connectivity index (χ0v) is 10.8. The number of rotatable bonds is 3. The highest BCUT2D eigenvalue weighted by Crippen LogP contribution is 2.13. The highest BCUT2D eigenvalue weighted by molar-refractivity contribution is 6.29. The van der Waals surface area contributed by atoms with Gasteiger partial charge in [0.15, 0.2) is 0 Å². The van der Waals surface area contributed by atoms with Gasteiger partial charge < -0.3 is 5.32 Å². The smallest absolute Gasteiger partial charge is 0.134 e. The zero-order chi connectivity index (χ0) is 13.1. The van der Waals surface area contributed by atoms with E-state index in [4.69, 9.17) is 11.6 Å². The standard InChI is InChI=1S/C14H11ClN4/c15-13-7-14(18-9-17-13)16-8-11-6-5-10-3-1-2-4-12(10)19-11/h1-7,9H,8H2,(H,16,17,18). The molecule has 0 spiro atoms. The van der Waals surface area contributed by atoms with Crippen LogP contribution in [0.4, 0.5) is 5.82 Å². The number of anilines is 1. The van der Waals surface area contributed by atoms with Crippen LogP contribution in [0.2, 0.25) is 5.15 Å². The van der Waals surface area contributed by atoms with Crippen LogP contribution >= 0.6 is 11.6 Å². The maximum atomic E-state index is 5.80. The number of pyridine rings is 1. The molecule has 0 radical (unpaired) electrons. The molecular formula is C14H11ClN4. The molecule has 0 aliphatic rings. The minimum absolute atomic E-state index is 0.420. The number of benzene rings is 1. The van der Waals surface area contributed by atoms with Crippen molar-refractivity contribution in [1.82, 2.24) is 15.0 Å². The van der Waals surface area contributed by atoms with Crippen molar-refractivity contribution < 1.29 is 0 Å². The molecule has 94 valence electrons. The molecule has 2 heterocycles. The number of fused-ring (bicyclic) bond motifs is 1. The van der Waals surface area contributed by atoms with E-state index in [2.05, 4.69) is 26.3 Å². The first-order valence-corrected chi connectivity index (χ1v) is 6.25. The van der Waals surface area contributed by atoms with E-state index in [1.165, 1.54) is 6.33 Å². The average molecular weight is 271 g/mol. The number of aromatic nitrogens is 3. The lowest BCUT2D eigenvalue weighted by molar-refractivity contribution is 1.03. The molecule has 0 unspecified atom stereocenters. The van der Waals surface area contributed by atoms with Gasteiger partial charge >= 0.3 is 0 Å². The van der Waals surface area contributed by atoms with Crippen molar-refractivity contribution in [2.24, 2.45) is 0 Å². The normalized spacial score (nSPS) is 10.6. The Morgan fingerprint density at radius 2 is 1.95 bits per heavy atom. The van der Waals surface area contributed by atoms with Crippen LogP contribution in [0.15, 0.2) is 48.8 Å². The largest absolute Gasteiger partial charge is 0.364 e. The van der Waals surface area contributed by atoms with E-state index in [0.29, 0.717) is 17.5 Å². The molecule has 0 saturated heterocycles. The average Bonchev–Trinajstić information content (AvgIpc) is 2.45. The van der Waals surface area contributed by atoms with E-state index in [9.17, 15) is 0 Å². The van der Waals surface area contributed by atoms with Crippen molar-refractivity contribution in [3.63, 3.8) is 0 Å². The molecule has 3 rings (SSSR count). The fourth-order valence-corrected chi connectivity index (χ4v) is 1.97. The summed E-state index contributed by atoms with van der Waals surface area (Å²) in [4.78, 5) is 12.5. The summed E-state index contributed by atoms with van der Waals surface area (Å²) in [5.41, 5.74) is 1.94. The van der Waals surface area contributed by atoms with E-state index in [1.807, 2.05) is 30.3 Å². The van der Waals surface area contributed by atoms with Crippen LogP contribution in [0, 0.1) is 0 Å². The first-order chi connectivity index (χ1) is 9.31. The fourth-order valence-electron chi connectivity index (χ4n) is 1.82. The van der Waals surface area contributed by atoms with Gasteiger partial charge in [-0.3, -0.25) is 4.98 Å². The Hall–Kier alpha value is -2.20. The number of hydrogen-bond acceptors (Lipinski definition) is 4. The van der Waals surface area contributed by atoms with Crippen molar-refractivity contribution in [1.29, 1.82) is 0 Å². The molecule has 1 aromatic carbocycles. The molecule has 5 heteroatoms. The third-order valence-corrected chi connectivity index (χ3v) is 2.95. The molecule has 0 saturated carbocycles. The summed E-state index contributed by atoms with van der Waals surface area (Å²) in [5, 5.41) is 4.72. The molecular weight excluding hydrogens is 260 g/mol. The highest BCUT2D eigenvalue weighted by Gasteiger charge is 2.00. The van der Waals surface area contributed by atoms with Crippen molar-refractivity contribution in [2.75, 3.05) is 5.32 Å². The second-order valence-electron chi connectivity index (χ2n) is 4.07. The van der Waals surface area contributed by atoms with Gasteiger partial charge in [-0.15, -0.1) is 0 Å². The SMILES string of the molecule is Clc1cc(NCc2ccc3ccccc3n2)ncn1. The summed E-state index contributed by atoms with van der Waals surface area (Å²) in [5.74, 6) is 0.690. The van der Waals surface area contributed by atoms with Crippen LogP contribution in [0.5, 0.6) is 0 Å². The molecule has 0 atom stereocenters. The topological polar surface area (TPSA) is 50.7 Å². The van der Waals surface area contributed by atoms with Gasteiger partial charge in [0, 0.05) is 11.5 Å². The Bertz CT molecular complexity index is 714. The number of halogens is 1. The summed E-state index contributed by atoms with van der Waals surface area (Å²) in [6, 6.07) is 13.8. The molecule has 3 aromatic rings. The molecule has 0 bridgehead atoms. The minimum Gasteiger partial charge on any atom is -0.364 e. The van der Waals surface area contributed by atoms with Crippen molar-refractivity contribution >= 4 is 28.3 Å². The molecule has 0 aliphatic heterocycles. The lowest BCUT2D eigenvalue weighted by Crippen LogP contribution is -2.03. The Labute approximate surface area is 115 Å². The van der Waals surface area contributed by atoms with Gasteiger partial charge in [0.25, 0.3) is 0 Å². The number of hydrogen-bond donors (Lipinski definition) is 1. The van der Waals surface area contributed by atoms with Gasteiger partial charge in [0.2, 0.25) is 0 Å². The Balaban J connectivity index is 1.78. The predicted molar refractivity (Wildman–Crippen MR) is 76.1 cm³/mol. The van der Waals surface area contributed by atoms with Crippen molar-refractivity contribution in [3.05, 3.63) is 59.6 Å². The maximum Gasteiger partial charge on any atom is 0.134 e. The van der Waals surface area contributed by atoms with E-state index in [-0.39, 0.29) is 0 Å². The molecule has 1 N–H and O–H groups in total. The third-order valence-electron chi connectivity index (χ3n) is 2.74. The molecule has 0 aliphatic carbocycles. The summed E-state index contributed by atoms with van der Waals surface area (Å²) in [6.45, 7) is 0.595. The second kappa shape index (κ2) is 5.20. The lowest BCUT2D eigenvalue weighted by atomic mass is 10.2. The molecule has 2 aromatic heterocycles. The van der Waals surface area contributed by atoms with Crippen LogP contribution < -0.4 is 5.32 Å². The van der Waals surface area contributed by atoms with Crippen molar-refractivity contribution in [2.45, 2.75) is 6.54 Å². The predicted octanol–water partition coefficient (Wildman–Crippen LogP) is 3.29. The monoisotopic (exact) mass is 270 g/mol. The first kappa shape index (κ1) is 11.9. The zero-order valence-electron chi connectivity index (χ0n) is 10.0. The van der Waals surface area contributed by atoms with Crippen LogP contribution in [0.3, 0.4) is 0 Å². The number of para-hydroxylation sites is 1. The molecule has 0 fully saturated rings. The summed E-state index contributed by atoms with van der Waals surface area (Å²) in [7, 11) is 0. The van der Waals surface area contributed by atoms with E-state index < -0.39 is 0 Å². The van der Waals surface area contributed by atoms with Gasteiger partial charge in [-0.1, -0.05) is 35.9 Å². The lowest BCUT2D eigenvalue weighted by Gasteiger charge is -2.06. The van der Waals surface area contributed by atoms with Crippen LogP contribution in [-0.4, -0.2) is 15.0 Å². The molecule has 4 nitrogen and oxygen atoms in total. The first-order valence-electron chi connectivity index (χ1n) is 5.87. The Morgan fingerprint density at radius 3 is 2.84 bits per heavy atom. The number of nitrogens with one attached hydrogen (secondary N) is 1. The minimum atomic E-state index is 0.420. The van der Waals surface area contributed by atoms with E-state index in [0.717, 1.165) is 16.6 Å². The quantitative estimate of drug-likeness (QED) is 0.742. The van der Waals surface area contributed by atoms with Crippen LogP contribution in [0.25, 0.3) is 10.9 Å². The summed E-state index contributed by atoms with van der Waals surface area (Å²) in [6.07, 6.45) is 1.43. The van der Waals surface area contributed by atoms with E-state index >= 15 is 0 Å². The highest BCUT2D eigenvalue weighted by atomic mass is 35.5. The van der Waals surface area contributed by atoms with Crippen LogP contribution in [-0.2, 0) is 6.54 Å². The Kier molecular flexibility index (Phi) is 3.25.